The number of hydrogen-bond donors (Lipinski definition) is 3. The van der Waals surface area contributed by atoms with E-state index in [2.05, 4.69) is 14.9 Å². The molecule has 1 saturated heterocycles. The highest BCUT2D eigenvalue weighted by Gasteiger charge is 2.20. The summed E-state index contributed by atoms with van der Waals surface area (Å²) in [5, 5.41) is 0. The van der Waals surface area contributed by atoms with Crippen molar-refractivity contribution in [1.29, 1.82) is 0 Å². The number of hydrogen-bond acceptors (Lipinski definition) is 6. The van der Waals surface area contributed by atoms with Gasteiger partial charge >= 0.3 is 0 Å². The Hall–Kier alpha value is -2.70. The smallest absolute Gasteiger partial charge is 0.276 e. The molecule has 1 fully saturated rings. The monoisotopic (exact) mass is 286 g/mol. The normalized spacial score (nSPS) is 15.2. The third-order valence-corrected chi connectivity index (χ3v) is 3.71. The first-order valence-electron chi connectivity index (χ1n) is 6.84. The van der Waals surface area contributed by atoms with E-state index >= 15 is 0 Å². The minimum atomic E-state index is -0.291. The Balaban J connectivity index is 1.71. The maximum atomic E-state index is 11.5. The molecule has 1 aliphatic heterocycles. The molecule has 1 aliphatic rings. The molecule has 7 nitrogen and oxygen atoms in total. The SMILES string of the molecule is Nc1ccc(N2CCN(c3nc[nH]c(=O)c3N)CC2)cc1. The lowest BCUT2D eigenvalue weighted by Crippen LogP contribution is -2.47. The lowest BCUT2D eigenvalue weighted by atomic mass is 10.2. The van der Waals surface area contributed by atoms with Crippen LogP contribution in [0.2, 0.25) is 0 Å². The molecule has 0 amide bonds. The standard InChI is InChI=1S/C14H18N6O/c15-10-1-3-11(4-2-10)19-5-7-20(8-6-19)13-12(16)14(21)18-9-17-13/h1-4,9H,5-8,15-16H2,(H,17,18,21). The van der Waals surface area contributed by atoms with E-state index in [1.165, 1.54) is 6.33 Å². The van der Waals surface area contributed by atoms with Gasteiger partial charge in [-0.15, -0.1) is 0 Å². The third-order valence-electron chi connectivity index (χ3n) is 3.71. The highest BCUT2D eigenvalue weighted by molar-refractivity contribution is 5.62. The fraction of sp³-hybridized carbons (Fsp3) is 0.286. The van der Waals surface area contributed by atoms with E-state index in [1.54, 1.807) is 0 Å². The zero-order valence-corrected chi connectivity index (χ0v) is 11.6. The molecule has 7 heteroatoms. The van der Waals surface area contributed by atoms with Crippen LogP contribution in [0.25, 0.3) is 0 Å². The van der Waals surface area contributed by atoms with Gasteiger partial charge < -0.3 is 26.3 Å². The molecule has 0 bridgehead atoms. The van der Waals surface area contributed by atoms with E-state index in [9.17, 15) is 4.79 Å². The van der Waals surface area contributed by atoms with Crippen molar-refractivity contribution in [2.24, 2.45) is 0 Å². The second-order valence-corrected chi connectivity index (χ2v) is 5.03. The fourth-order valence-electron chi connectivity index (χ4n) is 2.51. The number of aromatic nitrogens is 2. The van der Waals surface area contributed by atoms with Gasteiger partial charge in [-0.05, 0) is 24.3 Å². The number of piperazine rings is 1. The molecule has 1 aromatic heterocycles. The Morgan fingerprint density at radius 3 is 2.29 bits per heavy atom. The number of nitrogens with two attached hydrogens (primary N) is 2. The molecule has 2 heterocycles. The zero-order valence-electron chi connectivity index (χ0n) is 11.6. The van der Waals surface area contributed by atoms with Crippen LogP contribution in [0.3, 0.4) is 0 Å². The Morgan fingerprint density at radius 2 is 1.62 bits per heavy atom. The van der Waals surface area contributed by atoms with Crippen molar-refractivity contribution in [1.82, 2.24) is 9.97 Å². The van der Waals surface area contributed by atoms with Crippen molar-refractivity contribution in [3.8, 4) is 0 Å². The summed E-state index contributed by atoms with van der Waals surface area (Å²) in [6.07, 6.45) is 1.39. The van der Waals surface area contributed by atoms with E-state index < -0.39 is 0 Å². The molecular weight excluding hydrogens is 268 g/mol. The first-order valence-corrected chi connectivity index (χ1v) is 6.84. The third kappa shape index (κ3) is 2.62. The molecule has 110 valence electrons. The van der Waals surface area contributed by atoms with Gasteiger partial charge in [0, 0.05) is 37.6 Å². The van der Waals surface area contributed by atoms with Gasteiger partial charge in [0.25, 0.3) is 5.56 Å². The maximum Gasteiger partial charge on any atom is 0.276 e. The van der Waals surface area contributed by atoms with Crippen LogP contribution in [0, 0.1) is 0 Å². The van der Waals surface area contributed by atoms with Crippen LogP contribution in [0.15, 0.2) is 35.4 Å². The Morgan fingerprint density at radius 1 is 1.00 bits per heavy atom. The molecule has 3 rings (SSSR count). The van der Waals surface area contributed by atoms with Crippen molar-refractivity contribution in [2.75, 3.05) is 47.4 Å². The number of rotatable bonds is 2. The number of aromatic amines is 1. The maximum absolute atomic E-state index is 11.5. The number of nitrogen functional groups attached to an aromatic ring is 2. The van der Waals surface area contributed by atoms with Crippen LogP contribution in [0.1, 0.15) is 0 Å². The summed E-state index contributed by atoms with van der Waals surface area (Å²) >= 11 is 0. The van der Waals surface area contributed by atoms with Gasteiger partial charge in [0.2, 0.25) is 0 Å². The van der Waals surface area contributed by atoms with Gasteiger partial charge in [0.15, 0.2) is 5.82 Å². The number of anilines is 4. The summed E-state index contributed by atoms with van der Waals surface area (Å²) in [5.74, 6) is 0.565. The van der Waals surface area contributed by atoms with E-state index in [0.717, 1.165) is 37.6 Å². The predicted molar refractivity (Wildman–Crippen MR) is 84.6 cm³/mol. The van der Waals surface area contributed by atoms with Gasteiger partial charge in [0.1, 0.15) is 5.69 Å². The molecule has 0 spiro atoms. The summed E-state index contributed by atoms with van der Waals surface area (Å²) in [6, 6.07) is 7.84. The summed E-state index contributed by atoms with van der Waals surface area (Å²) in [7, 11) is 0. The molecule has 0 radical (unpaired) electrons. The highest BCUT2D eigenvalue weighted by atomic mass is 16.1. The molecule has 0 aliphatic carbocycles. The van der Waals surface area contributed by atoms with Crippen molar-refractivity contribution in [3.05, 3.63) is 40.9 Å². The van der Waals surface area contributed by atoms with Crippen LogP contribution < -0.4 is 26.8 Å². The molecule has 5 N–H and O–H groups in total. The van der Waals surface area contributed by atoms with Crippen molar-refractivity contribution in [2.45, 2.75) is 0 Å². The van der Waals surface area contributed by atoms with Crippen LogP contribution in [-0.4, -0.2) is 36.1 Å². The number of nitrogens with one attached hydrogen (secondary N) is 1. The molecule has 1 aromatic carbocycles. The molecule has 0 atom stereocenters. The van der Waals surface area contributed by atoms with E-state index in [4.69, 9.17) is 11.5 Å². The molecular formula is C14H18N6O. The fourth-order valence-corrected chi connectivity index (χ4v) is 2.51. The van der Waals surface area contributed by atoms with E-state index in [1.807, 2.05) is 29.2 Å². The summed E-state index contributed by atoms with van der Waals surface area (Å²) in [4.78, 5) is 22.5. The van der Waals surface area contributed by atoms with Crippen LogP contribution in [0.5, 0.6) is 0 Å². The second kappa shape index (κ2) is 5.35. The average molecular weight is 286 g/mol. The second-order valence-electron chi connectivity index (χ2n) is 5.03. The van der Waals surface area contributed by atoms with Gasteiger partial charge in [-0.1, -0.05) is 0 Å². The van der Waals surface area contributed by atoms with Gasteiger partial charge in [-0.3, -0.25) is 4.79 Å². The van der Waals surface area contributed by atoms with Crippen LogP contribution >= 0.6 is 0 Å². The Labute approximate surface area is 122 Å². The van der Waals surface area contributed by atoms with Crippen molar-refractivity contribution >= 4 is 22.9 Å². The van der Waals surface area contributed by atoms with Crippen LogP contribution in [-0.2, 0) is 0 Å². The van der Waals surface area contributed by atoms with Crippen molar-refractivity contribution < 1.29 is 0 Å². The number of nitrogens with zero attached hydrogens (tertiary/aromatic N) is 3. The summed E-state index contributed by atoms with van der Waals surface area (Å²) in [5.41, 5.74) is 13.3. The number of benzene rings is 1. The summed E-state index contributed by atoms with van der Waals surface area (Å²) < 4.78 is 0. The first-order chi connectivity index (χ1) is 10.1. The van der Waals surface area contributed by atoms with Crippen molar-refractivity contribution in [3.63, 3.8) is 0 Å². The Kier molecular flexibility index (Phi) is 3.39. The minimum absolute atomic E-state index is 0.179. The largest absolute Gasteiger partial charge is 0.399 e. The average Bonchev–Trinajstić information content (AvgIpc) is 2.51. The topological polar surface area (TPSA) is 104 Å². The highest BCUT2D eigenvalue weighted by Crippen LogP contribution is 2.21. The van der Waals surface area contributed by atoms with E-state index in [-0.39, 0.29) is 11.2 Å². The predicted octanol–water partition coefficient (Wildman–Crippen LogP) is 0.261. The lowest BCUT2D eigenvalue weighted by Gasteiger charge is -2.36. The van der Waals surface area contributed by atoms with Gasteiger partial charge in [0.05, 0.1) is 6.33 Å². The first kappa shape index (κ1) is 13.3. The molecule has 0 saturated carbocycles. The molecule has 2 aromatic rings. The van der Waals surface area contributed by atoms with Gasteiger partial charge in [-0.25, -0.2) is 4.98 Å². The lowest BCUT2D eigenvalue weighted by molar-refractivity contribution is 0.647. The molecule has 0 unspecified atom stereocenters. The van der Waals surface area contributed by atoms with Crippen LogP contribution in [0.4, 0.5) is 22.9 Å². The quantitative estimate of drug-likeness (QED) is 0.684. The minimum Gasteiger partial charge on any atom is -0.399 e. The van der Waals surface area contributed by atoms with E-state index in [0.29, 0.717) is 5.82 Å². The molecule has 21 heavy (non-hydrogen) atoms. The summed E-state index contributed by atoms with van der Waals surface area (Å²) in [6.45, 7) is 3.23. The number of H-pyrrole nitrogens is 1. The Bertz CT molecular complexity index is 673. The van der Waals surface area contributed by atoms with Gasteiger partial charge in [-0.2, -0.15) is 0 Å². The zero-order chi connectivity index (χ0) is 14.8.